The van der Waals surface area contributed by atoms with Gasteiger partial charge in [-0.15, -0.1) is 23.1 Å². The second-order valence-corrected chi connectivity index (χ2v) is 12.4. The van der Waals surface area contributed by atoms with Crippen LogP contribution < -0.4 is 16.0 Å². The Labute approximate surface area is 290 Å². The molecule has 1 aromatic heterocycles. The van der Waals surface area contributed by atoms with Gasteiger partial charge >= 0.3 is 5.97 Å². The van der Waals surface area contributed by atoms with Gasteiger partial charge in [0.05, 0.1) is 18.7 Å². The molecule has 0 spiro atoms. The Balaban J connectivity index is 1.30. The number of hydrogen-bond acceptors (Lipinski definition) is 8. The van der Waals surface area contributed by atoms with Gasteiger partial charge < -0.3 is 20.7 Å². The van der Waals surface area contributed by atoms with Crippen molar-refractivity contribution < 1.29 is 28.3 Å². The number of hydrogen-bond donors (Lipinski definition) is 3. The number of carbonyl (C=O) groups excluding carboxylic acids is 4. The lowest BCUT2D eigenvalue weighted by Crippen LogP contribution is -2.30. The van der Waals surface area contributed by atoms with Crippen molar-refractivity contribution in [1.82, 2.24) is 10.3 Å². The van der Waals surface area contributed by atoms with Gasteiger partial charge in [0, 0.05) is 27.1 Å². The molecule has 0 aliphatic carbocycles. The van der Waals surface area contributed by atoms with Gasteiger partial charge in [-0.05, 0) is 61.0 Å². The highest BCUT2D eigenvalue weighted by Crippen LogP contribution is 2.37. The normalized spacial score (nSPS) is 11.7. The minimum absolute atomic E-state index is 0.0137. The summed E-state index contributed by atoms with van der Waals surface area (Å²) in [6.45, 7) is 2.00. The van der Waals surface area contributed by atoms with E-state index < -0.39 is 28.9 Å². The Morgan fingerprint density at radius 1 is 0.878 bits per heavy atom. The zero-order chi connectivity index (χ0) is 34.6. The van der Waals surface area contributed by atoms with E-state index in [4.69, 9.17) is 4.74 Å². The van der Waals surface area contributed by atoms with Crippen LogP contribution in [0.5, 0.6) is 0 Å². The van der Waals surface area contributed by atoms with Crippen molar-refractivity contribution in [2.75, 3.05) is 17.2 Å². The Bertz CT molecular complexity index is 1950. The van der Waals surface area contributed by atoms with Gasteiger partial charge in [0.2, 0.25) is 5.91 Å². The first-order valence-electron chi connectivity index (χ1n) is 15.2. The summed E-state index contributed by atoms with van der Waals surface area (Å²) in [5.41, 5.74) is 2.01. The fraction of sp³-hybridized carbons (Fsp3) is 0.108. The first kappa shape index (κ1) is 34.7. The zero-order valence-corrected chi connectivity index (χ0v) is 27.9. The summed E-state index contributed by atoms with van der Waals surface area (Å²) in [6, 6.07) is 30.4. The number of esters is 1. The molecule has 248 valence electrons. The molecule has 49 heavy (non-hydrogen) atoms. The van der Waals surface area contributed by atoms with Crippen molar-refractivity contribution in [2.24, 2.45) is 0 Å². The minimum atomic E-state index is -0.653. The number of halogens is 1. The summed E-state index contributed by atoms with van der Waals surface area (Å²) in [4.78, 5) is 56.8. The van der Waals surface area contributed by atoms with Crippen LogP contribution in [-0.4, -0.2) is 35.3 Å². The van der Waals surface area contributed by atoms with Gasteiger partial charge in [0.1, 0.15) is 16.8 Å². The number of thioether (sulfide) groups is 1. The highest BCUT2D eigenvalue weighted by molar-refractivity contribution is 8.00. The second-order valence-electron chi connectivity index (χ2n) is 10.4. The molecule has 0 radical (unpaired) electrons. The van der Waals surface area contributed by atoms with Crippen LogP contribution in [0.4, 0.5) is 15.2 Å². The smallest absolute Gasteiger partial charge is 0.311 e. The summed E-state index contributed by atoms with van der Waals surface area (Å²) in [5, 5.41) is 9.63. The van der Waals surface area contributed by atoms with E-state index in [1.165, 1.54) is 47.4 Å². The molecular formula is C37H31FN4O5S2. The molecular weight excluding hydrogens is 664 g/mol. The van der Waals surface area contributed by atoms with Crippen molar-refractivity contribution in [2.45, 2.75) is 23.5 Å². The fourth-order valence-corrected chi connectivity index (χ4v) is 6.26. The van der Waals surface area contributed by atoms with Crippen LogP contribution >= 0.6 is 23.1 Å². The third-order valence-corrected chi connectivity index (χ3v) is 8.93. The van der Waals surface area contributed by atoms with Gasteiger partial charge in [-0.2, -0.15) is 0 Å². The number of carbonyl (C=O) groups is 4. The monoisotopic (exact) mass is 694 g/mol. The van der Waals surface area contributed by atoms with Crippen LogP contribution in [0.1, 0.15) is 39.4 Å². The molecule has 0 fully saturated rings. The average Bonchev–Trinajstić information content (AvgIpc) is 3.55. The lowest BCUT2D eigenvalue weighted by atomic mass is 10.1. The number of aromatic nitrogens is 1. The van der Waals surface area contributed by atoms with E-state index in [0.29, 0.717) is 22.1 Å². The Morgan fingerprint density at radius 3 is 2.24 bits per heavy atom. The van der Waals surface area contributed by atoms with Crippen molar-refractivity contribution in [3.05, 3.63) is 148 Å². The van der Waals surface area contributed by atoms with E-state index in [-0.39, 0.29) is 30.2 Å². The molecule has 0 aliphatic rings. The maximum Gasteiger partial charge on any atom is 0.311 e. The molecule has 1 heterocycles. The Morgan fingerprint density at radius 2 is 1.55 bits per heavy atom. The standard InChI is InChI=1S/C37H31FN4O5S2/c1-2-47-32(43)22-28-23-48-37(40-28)42-36(46)33(24-11-5-3-6-12-24)49-29-19-17-27(18-20-29)39-35(45)31(21-26-15-9-10-16-30(26)38)41-34(44)25-13-7-4-8-14-25/h3-21,23,33H,2,22H2,1H3,(H,39,45)(H,41,44)(H,40,42,46)/b31-21-. The topological polar surface area (TPSA) is 126 Å². The van der Waals surface area contributed by atoms with Crippen LogP contribution in [0.25, 0.3) is 6.08 Å². The predicted octanol–water partition coefficient (Wildman–Crippen LogP) is 7.27. The molecule has 3 amide bonds. The molecule has 9 nitrogen and oxygen atoms in total. The number of ether oxygens (including phenoxy) is 1. The number of rotatable bonds is 13. The number of benzene rings is 4. The van der Waals surface area contributed by atoms with Crippen LogP contribution in [0, 0.1) is 5.82 Å². The SMILES string of the molecule is CCOC(=O)Cc1csc(NC(=O)C(Sc2ccc(NC(=O)/C(=C/c3ccccc3F)NC(=O)c3ccccc3)cc2)c2ccccc2)n1. The molecule has 1 unspecified atom stereocenters. The number of amides is 3. The highest BCUT2D eigenvalue weighted by Gasteiger charge is 2.24. The van der Waals surface area contributed by atoms with Crippen molar-refractivity contribution >= 4 is 63.7 Å². The molecule has 5 rings (SSSR count). The lowest BCUT2D eigenvalue weighted by molar-refractivity contribution is -0.142. The molecule has 12 heteroatoms. The first-order chi connectivity index (χ1) is 23.8. The molecule has 3 N–H and O–H groups in total. The fourth-order valence-electron chi connectivity index (χ4n) is 4.52. The molecule has 4 aromatic carbocycles. The highest BCUT2D eigenvalue weighted by atomic mass is 32.2. The van der Waals surface area contributed by atoms with E-state index in [1.807, 2.05) is 30.3 Å². The summed E-state index contributed by atoms with van der Waals surface area (Å²) in [7, 11) is 0. The summed E-state index contributed by atoms with van der Waals surface area (Å²) >= 11 is 2.52. The maximum atomic E-state index is 14.5. The van der Waals surface area contributed by atoms with E-state index in [2.05, 4.69) is 20.9 Å². The molecule has 0 aliphatic heterocycles. The number of thiazole rings is 1. The van der Waals surface area contributed by atoms with Crippen molar-refractivity contribution in [3.8, 4) is 0 Å². The zero-order valence-electron chi connectivity index (χ0n) is 26.2. The first-order valence-corrected chi connectivity index (χ1v) is 16.9. The van der Waals surface area contributed by atoms with Gasteiger partial charge in [-0.25, -0.2) is 9.37 Å². The average molecular weight is 695 g/mol. The molecule has 0 saturated carbocycles. The number of anilines is 2. The minimum Gasteiger partial charge on any atom is -0.466 e. The van der Waals surface area contributed by atoms with Crippen LogP contribution in [-0.2, 0) is 25.5 Å². The van der Waals surface area contributed by atoms with E-state index in [1.54, 1.807) is 73.0 Å². The van der Waals surface area contributed by atoms with Crippen LogP contribution in [0.2, 0.25) is 0 Å². The molecule has 1 atom stereocenters. The van der Waals surface area contributed by atoms with Crippen molar-refractivity contribution in [1.29, 1.82) is 0 Å². The number of nitrogens with one attached hydrogen (secondary N) is 3. The number of nitrogens with zero attached hydrogens (tertiary/aromatic N) is 1. The van der Waals surface area contributed by atoms with E-state index >= 15 is 0 Å². The van der Waals surface area contributed by atoms with Gasteiger partial charge in [-0.1, -0.05) is 66.7 Å². The quantitative estimate of drug-likeness (QED) is 0.0673. The molecule has 0 saturated heterocycles. The van der Waals surface area contributed by atoms with Crippen LogP contribution in [0.3, 0.4) is 0 Å². The summed E-state index contributed by atoms with van der Waals surface area (Å²) < 4.78 is 19.5. The second kappa shape index (κ2) is 17.0. The predicted molar refractivity (Wildman–Crippen MR) is 189 cm³/mol. The maximum absolute atomic E-state index is 14.5. The molecule has 5 aromatic rings. The van der Waals surface area contributed by atoms with E-state index in [0.717, 1.165) is 10.5 Å². The van der Waals surface area contributed by atoms with Crippen molar-refractivity contribution in [3.63, 3.8) is 0 Å². The third-order valence-electron chi connectivity index (χ3n) is 6.85. The largest absolute Gasteiger partial charge is 0.466 e. The van der Waals surface area contributed by atoms with Gasteiger partial charge in [-0.3, -0.25) is 19.2 Å². The van der Waals surface area contributed by atoms with Gasteiger partial charge in [0.15, 0.2) is 5.13 Å². The summed E-state index contributed by atoms with van der Waals surface area (Å²) in [5.74, 6) is -2.42. The Kier molecular flexibility index (Phi) is 12.0. The summed E-state index contributed by atoms with van der Waals surface area (Å²) in [6.07, 6.45) is 1.29. The van der Waals surface area contributed by atoms with E-state index in [9.17, 15) is 23.6 Å². The third kappa shape index (κ3) is 9.95. The molecule has 0 bridgehead atoms. The van der Waals surface area contributed by atoms with Crippen LogP contribution in [0.15, 0.2) is 125 Å². The lowest BCUT2D eigenvalue weighted by Gasteiger charge is -2.17. The Hall–Kier alpha value is -5.59. The van der Waals surface area contributed by atoms with Gasteiger partial charge in [0.25, 0.3) is 11.8 Å².